The van der Waals surface area contributed by atoms with Crippen molar-refractivity contribution in [3.8, 4) is 0 Å². The molecular formula is C10H12BrNO. The zero-order valence-corrected chi connectivity index (χ0v) is 8.96. The molecule has 1 aliphatic carbocycles. The molecule has 2 rings (SSSR count). The summed E-state index contributed by atoms with van der Waals surface area (Å²) in [5.41, 5.74) is 0. The first kappa shape index (κ1) is 9.00. The van der Waals surface area contributed by atoms with Crippen molar-refractivity contribution >= 4 is 22.1 Å². The lowest BCUT2D eigenvalue weighted by atomic mass is 10.4. The van der Waals surface area contributed by atoms with Gasteiger partial charge in [-0.2, -0.15) is 0 Å². The molecule has 70 valence electrons. The molecule has 0 saturated heterocycles. The summed E-state index contributed by atoms with van der Waals surface area (Å²) < 4.78 is 6.57. The summed E-state index contributed by atoms with van der Waals surface area (Å²) in [5, 5.41) is 0. The zero-order valence-electron chi connectivity index (χ0n) is 7.37. The summed E-state index contributed by atoms with van der Waals surface area (Å²) in [6.07, 6.45) is 9.38. The molecule has 0 aromatic carbocycles. The van der Waals surface area contributed by atoms with Crippen molar-refractivity contribution < 1.29 is 4.74 Å². The molecule has 1 fully saturated rings. The molecule has 0 amide bonds. The number of hydrogen-bond acceptors (Lipinski definition) is 2. The summed E-state index contributed by atoms with van der Waals surface area (Å²) >= 11 is 3.38. The Bertz CT molecular complexity index is 277. The minimum atomic E-state index is 0.762. The second kappa shape index (κ2) is 4.09. The summed E-state index contributed by atoms with van der Waals surface area (Å²) in [6, 6.07) is 0. The Hall–Kier alpha value is -0.570. The number of allylic oxidation sites excluding steroid dienone is 3. The summed E-state index contributed by atoms with van der Waals surface area (Å²) in [4.78, 5) is 4.20. The Morgan fingerprint density at radius 1 is 1.46 bits per heavy atom. The normalized spacial score (nSPS) is 21.9. The third-order valence-corrected chi connectivity index (χ3v) is 2.61. The average Bonchev–Trinajstić information content (AvgIpc) is 2.90. The van der Waals surface area contributed by atoms with Gasteiger partial charge in [0.05, 0.1) is 6.61 Å². The quantitative estimate of drug-likeness (QED) is 0.745. The van der Waals surface area contributed by atoms with Crippen LogP contribution in [0.4, 0.5) is 0 Å². The fourth-order valence-electron chi connectivity index (χ4n) is 1.09. The van der Waals surface area contributed by atoms with Gasteiger partial charge in [-0.15, -0.1) is 0 Å². The fourth-order valence-corrected chi connectivity index (χ4v) is 1.38. The number of aliphatic imine (C=N–C) groups is 1. The second-order valence-corrected chi connectivity index (χ2v) is 4.30. The molecule has 0 N–H and O–H groups in total. The topological polar surface area (TPSA) is 21.6 Å². The second-order valence-electron chi connectivity index (χ2n) is 3.38. The molecule has 1 heterocycles. The Labute approximate surface area is 86.5 Å². The van der Waals surface area contributed by atoms with Gasteiger partial charge in [-0.3, -0.25) is 0 Å². The van der Waals surface area contributed by atoms with E-state index in [2.05, 4.69) is 27.0 Å². The Kier molecular flexibility index (Phi) is 2.83. The summed E-state index contributed by atoms with van der Waals surface area (Å²) in [5.74, 6) is 1.55. The van der Waals surface area contributed by atoms with E-state index in [1.807, 2.05) is 6.08 Å². The van der Waals surface area contributed by atoms with Crippen LogP contribution in [0.3, 0.4) is 0 Å². The smallest absolute Gasteiger partial charge is 0.209 e. The van der Waals surface area contributed by atoms with Gasteiger partial charge in [-0.1, -0.05) is 6.08 Å². The van der Waals surface area contributed by atoms with Gasteiger partial charge in [0, 0.05) is 10.7 Å². The summed E-state index contributed by atoms with van der Waals surface area (Å²) in [7, 11) is 0. The van der Waals surface area contributed by atoms with Crippen LogP contribution in [-0.2, 0) is 4.74 Å². The molecule has 0 radical (unpaired) electrons. The molecular weight excluding hydrogens is 230 g/mol. The molecule has 0 aromatic heterocycles. The minimum Gasteiger partial charge on any atom is -0.478 e. The Balaban J connectivity index is 1.84. The summed E-state index contributed by atoms with van der Waals surface area (Å²) in [6.45, 7) is 0.834. The van der Waals surface area contributed by atoms with Crippen molar-refractivity contribution in [1.29, 1.82) is 0 Å². The Morgan fingerprint density at radius 3 is 3.08 bits per heavy atom. The molecule has 2 aliphatic rings. The molecule has 2 nitrogen and oxygen atoms in total. The van der Waals surface area contributed by atoms with E-state index in [9.17, 15) is 0 Å². The SMILES string of the molecule is BrC1=CCC=C(OCC2CC2)N=C1. The molecule has 1 saturated carbocycles. The van der Waals surface area contributed by atoms with Crippen molar-refractivity contribution in [3.05, 3.63) is 22.5 Å². The molecule has 0 bridgehead atoms. The average molecular weight is 242 g/mol. The number of halogens is 1. The third-order valence-electron chi connectivity index (χ3n) is 2.08. The Morgan fingerprint density at radius 2 is 2.31 bits per heavy atom. The minimum absolute atomic E-state index is 0.762. The first-order valence-corrected chi connectivity index (χ1v) is 5.36. The molecule has 3 heteroatoms. The third kappa shape index (κ3) is 2.99. The highest BCUT2D eigenvalue weighted by Gasteiger charge is 2.22. The predicted molar refractivity (Wildman–Crippen MR) is 56.9 cm³/mol. The molecule has 0 unspecified atom stereocenters. The van der Waals surface area contributed by atoms with Gasteiger partial charge in [0.2, 0.25) is 5.88 Å². The van der Waals surface area contributed by atoms with E-state index in [0.29, 0.717) is 0 Å². The highest BCUT2D eigenvalue weighted by atomic mass is 79.9. The number of hydrogen-bond donors (Lipinski definition) is 0. The largest absolute Gasteiger partial charge is 0.478 e. The van der Waals surface area contributed by atoms with Gasteiger partial charge in [0.15, 0.2) is 0 Å². The fraction of sp³-hybridized carbons (Fsp3) is 0.500. The first-order valence-electron chi connectivity index (χ1n) is 4.57. The monoisotopic (exact) mass is 241 g/mol. The van der Waals surface area contributed by atoms with Crippen LogP contribution < -0.4 is 0 Å². The van der Waals surface area contributed by atoms with Gasteiger partial charge in [-0.25, -0.2) is 4.99 Å². The molecule has 1 aliphatic heterocycles. The number of rotatable bonds is 3. The van der Waals surface area contributed by atoms with E-state index in [0.717, 1.165) is 29.3 Å². The van der Waals surface area contributed by atoms with Gasteiger partial charge in [-0.05, 0) is 47.2 Å². The standard InChI is InChI=1S/C10H12BrNO/c11-9-2-1-3-10(12-6-9)13-7-8-4-5-8/h2-3,6,8H,1,4-5,7H2. The van der Waals surface area contributed by atoms with Crippen LogP contribution in [0.1, 0.15) is 19.3 Å². The van der Waals surface area contributed by atoms with E-state index < -0.39 is 0 Å². The maximum Gasteiger partial charge on any atom is 0.209 e. The zero-order chi connectivity index (χ0) is 9.10. The molecule has 0 aromatic rings. The van der Waals surface area contributed by atoms with E-state index in [1.165, 1.54) is 12.8 Å². The molecule has 13 heavy (non-hydrogen) atoms. The maximum absolute atomic E-state index is 5.54. The van der Waals surface area contributed by atoms with Crippen molar-refractivity contribution in [2.24, 2.45) is 10.9 Å². The number of nitrogens with zero attached hydrogens (tertiary/aromatic N) is 1. The molecule has 0 atom stereocenters. The first-order chi connectivity index (χ1) is 6.34. The van der Waals surface area contributed by atoms with Gasteiger partial charge in [0.25, 0.3) is 0 Å². The van der Waals surface area contributed by atoms with Gasteiger partial charge in [0.1, 0.15) is 0 Å². The van der Waals surface area contributed by atoms with Crippen LogP contribution in [-0.4, -0.2) is 12.8 Å². The van der Waals surface area contributed by atoms with Crippen molar-refractivity contribution in [2.45, 2.75) is 19.3 Å². The van der Waals surface area contributed by atoms with Crippen LogP contribution in [0.5, 0.6) is 0 Å². The van der Waals surface area contributed by atoms with Crippen LogP contribution in [0, 0.1) is 5.92 Å². The van der Waals surface area contributed by atoms with E-state index in [1.54, 1.807) is 6.21 Å². The van der Waals surface area contributed by atoms with Crippen LogP contribution in [0.2, 0.25) is 0 Å². The lowest BCUT2D eigenvalue weighted by Gasteiger charge is -2.03. The molecule has 0 spiro atoms. The lowest BCUT2D eigenvalue weighted by Crippen LogP contribution is -1.94. The van der Waals surface area contributed by atoms with Gasteiger partial charge >= 0.3 is 0 Å². The van der Waals surface area contributed by atoms with Crippen molar-refractivity contribution in [3.63, 3.8) is 0 Å². The lowest BCUT2D eigenvalue weighted by molar-refractivity contribution is 0.197. The van der Waals surface area contributed by atoms with Gasteiger partial charge < -0.3 is 4.74 Å². The van der Waals surface area contributed by atoms with Crippen molar-refractivity contribution in [1.82, 2.24) is 0 Å². The highest BCUT2D eigenvalue weighted by Crippen LogP contribution is 2.29. The van der Waals surface area contributed by atoms with Crippen molar-refractivity contribution in [2.75, 3.05) is 6.61 Å². The van der Waals surface area contributed by atoms with E-state index in [-0.39, 0.29) is 0 Å². The highest BCUT2D eigenvalue weighted by molar-refractivity contribution is 9.12. The van der Waals surface area contributed by atoms with E-state index >= 15 is 0 Å². The van der Waals surface area contributed by atoms with E-state index in [4.69, 9.17) is 4.74 Å². The van der Waals surface area contributed by atoms with Crippen LogP contribution in [0.25, 0.3) is 0 Å². The van der Waals surface area contributed by atoms with Crippen LogP contribution >= 0.6 is 15.9 Å². The number of ether oxygens (including phenoxy) is 1. The predicted octanol–water partition coefficient (Wildman–Crippen LogP) is 3.01. The maximum atomic E-state index is 5.54. The van der Waals surface area contributed by atoms with Crippen LogP contribution in [0.15, 0.2) is 27.5 Å².